The molecule has 0 aromatic heterocycles. The van der Waals surface area contributed by atoms with E-state index in [-0.39, 0.29) is 23.8 Å². The molecule has 2 bridgehead atoms. The zero-order valence-corrected chi connectivity index (χ0v) is 17.5. The lowest BCUT2D eigenvalue weighted by Crippen LogP contribution is -2.49. The number of hydrogen-bond donors (Lipinski definition) is 0. The number of piperidine rings is 1. The monoisotopic (exact) mass is 481 g/mol. The Morgan fingerprint density at radius 3 is 2.50 bits per heavy atom. The van der Waals surface area contributed by atoms with Crippen LogP contribution in [0.25, 0.3) is 0 Å². The third-order valence-corrected chi connectivity index (χ3v) is 6.84. The lowest BCUT2D eigenvalue weighted by Gasteiger charge is -2.41. The van der Waals surface area contributed by atoms with Crippen LogP contribution in [0.1, 0.15) is 30.7 Å². The van der Waals surface area contributed by atoms with E-state index < -0.39 is 0 Å². The van der Waals surface area contributed by atoms with Crippen molar-refractivity contribution in [3.63, 3.8) is 0 Å². The Balaban J connectivity index is 1.63. The van der Waals surface area contributed by atoms with Crippen molar-refractivity contribution >= 4 is 40.2 Å². The first-order valence-corrected chi connectivity index (χ1v) is 10.4. The van der Waals surface area contributed by atoms with Gasteiger partial charge in [-0.25, -0.2) is 0 Å². The summed E-state index contributed by atoms with van der Waals surface area (Å²) in [6.45, 7) is 0. The maximum Gasteiger partial charge on any atom is 0.316 e. The number of nitrogens with zero attached hydrogens (tertiary/aromatic N) is 1. The van der Waals surface area contributed by atoms with Crippen molar-refractivity contribution in [2.24, 2.45) is 5.92 Å². The highest BCUT2D eigenvalue weighted by molar-refractivity contribution is 14.1. The molecule has 0 spiro atoms. The summed E-state index contributed by atoms with van der Waals surface area (Å²) in [5.41, 5.74) is 1.18. The Morgan fingerprint density at radius 2 is 1.81 bits per heavy atom. The molecule has 0 unspecified atom stereocenters. The van der Waals surface area contributed by atoms with Crippen LogP contribution >= 0.6 is 34.2 Å². The van der Waals surface area contributed by atoms with Crippen molar-refractivity contribution in [2.45, 2.75) is 37.3 Å². The van der Waals surface area contributed by atoms with Crippen LogP contribution in [0.4, 0.5) is 0 Å². The smallest absolute Gasteiger partial charge is 0.316 e. The first kappa shape index (κ1) is 18.3. The molecule has 3 nitrogen and oxygen atoms in total. The number of carbonyl (C=O) groups excluding carboxylic acids is 1. The fourth-order valence-electron chi connectivity index (χ4n) is 4.53. The normalized spacial score (nSPS) is 28.1. The minimum Gasteiger partial charge on any atom is -0.426 e. The lowest BCUT2D eigenvalue weighted by molar-refractivity contribution is -0.143. The molecule has 0 saturated carbocycles. The van der Waals surface area contributed by atoms with E-state index >= 15 is 0 Å². The predicted octanol–water partition coefficient (Wildman–Crippen LogP) is 5.12. The minimum absolute atomic E-state index is 0.122. The van der Waals surface area contributed by atoms with E-state index in [9.17, 15) is 4.79 Å². The number of ether oxygens (including phenoxy) is 1. The average Bonchev–Trinajstić information content (AvgIpc) is 2.87. The SMILES string of the molecule is CN1[C@H]2CC[C@@H]1[C@@H](C(=O)Oc1ccc(I)cc1)[C@@H](c1ccc(Cl)cc1)C2. The Kier molecular flexibility index (Phi) is 5.26. The molecule has 2 aliphatic rings. The van der Waals surface area contributed by atoms with E-state index in [2.05, 4.69) is 46.7 Å². The molecule has 2 heterocycles. The summed E-state index contributed by atoms with van der Waals surface area (Å²) in [6, 6.07) is 16.4. The van der Waals surface area contributed by atoms with E-state index in [1.165, 1.54) is 5.56 Å². The quantitative estimate of drug-likeness (QED) is 0.346. The van der Waals surface area contributed by atoms with Crippen LogP contribution in [-0.4, -0.2) is 30.0 Å². The molecule has 136 valence electrons. The van der Waals surface area contributed by atoms with Crippen LogP contribution in [0.2, 0.25) is 5.02 Å². The molecule has 0 aliphatic carbocycles. The molecule has 0 amide bonds. The number of halogens is 2. The second-order valence-electron chi connectivity index (χ2n) is 7.26. The summed E-state index contributed by atoms with van der Waals surface area (Å²) >= 11 is 8.31. The van der Waals surface area contributed by atoms with Crippen molar-refractivity contribution in [3.8, 4) is 5.75 Å². The summed E-state index contributed by atoms with van der Waals surface area (Å²) in [4.78, 5) is 15.5. The van der Waals surface area contributed by atoms with Gasteiger partial charge in [0.15, 0.2) is 0 Å². The van der Waals surface area contributed by atoms with Crippen LogP contribution in [0.5, 0.6) is 5.75 Å². The molecule has 4 rings (SSSR count). The molecule has 0 radical (unpaired) electrons. The molecule has 5 heteroatoms. The zero-order valence-electron chi connectivity index (χ0n) is 14.6. The van der Waals surface area contributed by atoms with Crippen LogP contribution in [-0.2, 0) is 4.79 Å². The Bertz CT molecular complexity index is 793. The Morgan fingerprint density at radius 1 is 1.12 bits per heavy atom. The van der Waals surface area contributed by atoms with Gasteiger partial charge in [-0.2, -0.15) is 0 Å². The molecule has 2 aromatic carbocycles. The van der Waals surface area contributed by atoms with Crippen LogP contribution in [0.15, 0.2) is 48.5 Å². The van der Waals surface area contributed by atoms with Crippen molar-refractivity contribution in [1.82, 2.24) is 4.90 Å². The van der Waals surface area contributed by atoms with Gasteiger partial charge in [-0.3, -0.25) is 9.69 Å². The van der Waals surface area contributed by atoms with Gasteiger partial charge < -0.3 is 4.74 Å². The lowest BCUT2D eigenvalue weighted by atomic mass is 9.76. The summed E-state index contributed by atoms with van der Waals surface area (Å²) in [5.74, 6) is 0.521. The second-order valence-corrected chi connectivity index (χ2v) is 8.94. The van der Waals surface area contributed by atoms with E-state index in [1.807, 2.05) is 36.4 Å². The van der Waals surface area contributed by atoms with Crippen LogP contribution < -0.4 is 4.74 Å². The van der Waals surface area contributed by atoms with E-state index in [0.717, 1.165) is 27.9 Å². The van der Waals surface area contributed by atoms with Gasteiger partial charge in [0.05, 0.1) is 5.92 Å². The predicted molar refractivity (Wildman–Crippen MR) is 112 cm³/mol. The second kappa shape index (κ2) is 7.49. The molecule has 0 N–H and O–H groups in total. The van der Waals surface area contributed by atoms with Crippen LogP contribution in [0.3, 0.4) is 0 Å². The third-order valence-electron chi connectivity index (χ3n) is 5.87. The van der Waals surface area contributed by atoms with Gasteiger partial charge in [-0.05, 0) is 90.9 Å². The number of hydrogen-bond acceptors (Lipinski definition) is 3. The minimum atomic E-state index is -0.154. The first-order chi connectivity index (χ1) is 12.5. The Labute approximate surface area is 172 Å². The number of rotatable bonds is 3. The average molecular weight is 482 g/mol. The largest absolute Gasteiger partial charge is 0.426 e. The number of esters is 1. The summed E-state index contributed by atoms with van der Waals surface area (Å²) in [7, 11) is 2.14. The molecule has 2 aromatic rings. The highest BCUT2D eigenvalue weighted by Crippen LogP contribution is 2.46. The summed E-state index contributed by atoms with van der Waals surface area (Å²) in [6.07, 6.45) is 3.19. The van der Waals surface area contributed by atoms with Crippen molar-refractivity contribution < 1.29 is 9.53 Å². The first-order valence-electron chi connectivity index (χ1n) is 8.97. The van der Waals surface area contributed by atoms with Crippen molar-refractivity contribution in [3.05, 3.63) is 62.7 Å². The summed E-state index contributed by atoms with van der Waals surface area (Å²) in [5, 5.41) is 0.725. The van der Waals surface area contributed by atoms with Gasteiger partial charge in [-0.1, -0.05) is 23.7 Å². The van der Waals surface area contributed by atoms with Gasteiger partial charge >= 0.3 is 5.97 Å². The van der Waals surface area contributed by atoms with Gasteiger partial charge in [-0.15, -0.1) is 0 Å². The standard InChI is InChI=1S/C21H21ClINO2/c1-24-16-8-11-19(24)20(18(12-16)13-2-4-14(22)5-3-13)21(25)26-17-9-6-15(23)7-10-17/h2-7,9-10,16,18-20H,8,11-12H2,1H3/t16-,18+,19+,20-/m0/s1. The van der Waals surface area contributed by atoms with E-state index in [0.29, 0.717) is 11.8 Å². The van der Waals surface area contributed by atoms with E-state index in [1.54, 1.807) is 0 Å². The molecule has 2 saturated heterocycles. The number of carbonyl (C=O) groups is 1. The van der Waals surface area contributed by atoms with Gasteiger partial charge in [0.2, 0.25) is 0 Å². The third kappa shape index (κ3) is 3.51. The van der Waals surface area contributed by atoms with Crippen molar-refractivity contribution in [1.29, 1.82) is 0 Å². The fourth-order valence-corrected chi connectivity index (χ4v) is 5.01. The maximum atomic E-state index is 13.2. The van der Waals surface area contributed by atoms with Gasteiger partial charge in [0, 0.05) is 26.6 Å². The number of fused-ring (bicyclic) bond motifs is 2. The van der Waals surface area contributed by atoms with E-state index in [4.69, 9.17) is 16.3 Å². The summed E-state index contributed by atoms with van der Waals surface area (Å²) < 4.78 is 6.91. The molecular formula is C21H21ClINO2. The van der Waals surface area contributed by atoms with Crippen molar-refractivity contribution in [2.75, 3.05) is 7.05 Å². The molecule has 4 atom stereocenters. The van der Waals surface area contributed by atoms with Gasteiger partial charge in [0.1, 0.15) is 5.75 Å². The highest BCUT2D eigenvalue weighted by Gasteiger charge is 2.49. The molecule has 2 fully saturated rings. The number of benzene rings is 2. The Hall–Kier alpha value is -1.11. The zero-order chi connectivity index (χ0) is 18.3. The molecular weight excluding hydrogens is 461 g/mol. The fraction of sp³-hybridized carbons (Fsp3) is 0.381. The molecule has 2 aliphatic heterocycles. The van der Waals surface area contributed by atoms with Crippen LogP contribution in [0, 0.1) is 9.49 Å². The molecule has 26 heavy (non-hydrogen) atoms. The van der Waals surface area contributed by atoms with Gasteiger partial charge in [0.25, 0.3) is 0 Å². The topological polar surface area (TPSA) is 29.5 Å². The highest BCUT2D eigenvalue weighted by atomic mass is 127. The maximum absolute atomic E-state index is 13.2.